The van der Waals surface area contributed by atoms with Crippen LogP contribution in [0.4, 0.5) is 0 Å². The summed E-state index contributed by atoms with van der Waals surface area (Å²) >= 11 is 0. The van der Waals surface area contributed by atoms with Crippen molar-refractivity contribution in [2.24, 2.45) is 17.8 Å². The molecule has 0 radical (unpaired) electrons. The van der Waals surface area contributed by atoms with Gasteiger partial charge in [0.25, 0.3) is 0 Å². The fraction of sp³-hybridized carbons (Fsp3) is 1.00. The third kappa shape index (κ3) is 4.45. The lowest BCUT2D eigenvalue weighted by molar-refractivity contribution is 0.127. The third-order valence-corrected chi connectivity index (χ3v) is 3.17. The smallest absolute Gasteiger partial charge is 0.0138 e. The topological polar surface area (TPSA) is 3.24 Å². The van der Waals surface area contributed by atoms with Gasteiger partial charge in [0, 0.05) is 12.6 Å². The predicted octanol–water partition coefficient (Wildman–Crippen LogP) is 3.64. The Kier molecular flexibility index (Phi) is 6.43. The molecule has 0 bridgehead atoms. The molecule has 0 aromatic rings. The molecule has 0 aliphatic heterocycles. The van der Waals surface area contributed by atoms with Gasteiger partial charge in [0.2, 0.25) is 0 Å². The highest BCUT2D eigenvalue weighted by molar-refractivity contribution is 4.76. The van der Waals surface area contributed by atoms with Gasteiger partial charge >= 0.3 is 0 Å². The van der Waals surface area contributed by atoms with Gasteiger partial charge in [-0.3, -0.25) is 0 Å². The lowest BCUT2D eigenvalue weighted by atomic mass is 9.91. The van der Waals surface area contributed by atoms with Gasteiger partial charge < -0.3 is 4.90 Å². The normalized spacial score (nSPS) is 14.8. The lowest BCUT2D eigenvalue weighted by Crippen LogP contribution is -2.42. The molecule has 86 valence electrons. The molecule has 0 aromatic carbocycles. The lowest BCUT2D eigenvalue weighted by Gasteiger charge is -2.35. The summed E-state index contributed by atoms with van der Waals surface area (Å²) in [5.74, 6) is 2.33. The van der Waals surface area contributed by atoms with E-state index in [1.807, 2.05) is 0 Å². The number of hydrogen-bond acceptors (Lipinski definition) is 1. The van der Waals surface area contributed by atoms with Gasteiger partial charge in [0.05, 0.1) is 0 Å². The van der Waals surface area contributed by atoms with Crippen molar-refractivity contribution in [1.82, 2.24) is 4.90 Å². The molecule has 0 spiro atoms. The zero-order valence-corrected chi connectivity index (χ0v) is 11.2. The van der Waals surface area contributed by atoms with Gasteiger partial charge in [-0.1, -0.05) is 48.0 Å². The average molecular weight is 199 g/mol. The minimum absolute atomic E-state index is 0.726. The molecule has 1 heteroatoms. The molecule has 0 N–H and O–H groups in total. The molecule has 1 unspecified atom stereocenters. The maximum Gasteiger partial charge on any atom is 0.0138 e. The van der Waals surface area contributed by atoms with Crippen LogP contribution >= 0.6 is 0 Å². The summed E-state index contributed by atoms with van der Waals surface area (Å²) in [5.41, 5.74) is 0. The van der Waals surface area contributed by atoms with Crippen molar-refractivity contribution in [3.63, 3.8) is 0 Å². The molecule has 0 rings (SSSR count). The number of nitrogens with zero attached hydrogens (tertiary/aromatic N) is 1. The highest BCUT2D eigenvalue weighted by Gasteiger charge is 2.22. The second kappa shape index (κ2) is 6.44. The maximum atomic E-state index is 2.55. The van der Waals surface area contributed by atoms with Crippen LogP contribution in [0.25, 0.3) is 0 Å². The Balaban J connectivity index is 4.22. The molecule has 0 fully saturated rings. The van der Waals surface area contributed by atoms with Gasteiger partial charge in [-0.25, -0.2) is 0 Å². The molecule has 0 heterocycles. The fourth-order valence-electron chi connectivity index (χ4n) is 2.53. The van der Waals surface area contributed by atoms with Gasteiger partial charge in [-0.2, -0.15) is 0 Å². The Morgan fingerprint density at radius 3 is 1.64 bits per heavy atom. The average Bonchev–Trinajstić information content (AvgIpc) is 2.02. The van der Waals surface area contributed by atoms with Gasteiger partial charge in [0.1, 0.15) is 0 Å². The fourth-order valence-corrected chi connectivity index (χ4v) is 2.53. The van der Waals surface area contributed by atoms with Crippen LogP contribution < -0.4 is 0 Å². The molecule has 1 nitrogen and oxygen atoms in total. The molecule has 14 heavy (non-hydrogen) atoms. The van der Waals surface area contributed by atoms with Crippen molar-refractivity contribution in [2.75, 3.05) is 13.6 Å². The van der Waals surface area contributed by atoms with Crippen LogP contribution in [-0.2, 0) is 0 Å². The van der Waals surface area contributed by atoms with Crippen molar-refractivity contribution in [3.05, 3.63) is 0 Å². The quantitative estimate of drug-likeness (QED) is 0.631. The first-order valence-electron chi connectivity index (χ1n) is 6.10. The number of rotatable bonds is 6. The summed E-state index contributed by atoms with van der Waals surface area (Å²) in [6, 6.07) is 0.726. The Bertz CT molecular complexity index is 132. The van der Waals surface area contributed by atoms with Crippen molar-refractivity contribution in [2.45, 2.75) is 54.0 Å². The minimum atomic E-state index is 0.726. The van der Waals surface area contributed by atoms with E-state index in [2.05, 4.69) is 53.5 Å². The molecule has 0 aliphatic carbocycles. The molecule has 0 saturated carbocycles. The summed E-state index contributed by atoms with van der Waals surface area (Å²) in [4.78, 5) is 2.55. The van der Waals surface area contributed by atoms with E-state index in [9.17, 15) is 0 Å². The molecule has 0 amide bonds. The molecule has 0 aromatic heterocycles. The van der Waals surface area contributed by atoms with Crippen LogP contribution in [0.3, 0.4) is 0 Å². The summed E-state index contributed by atoms with van der Waals surface area (Å²) < 4.78 is 0. The van der Waals surface area contributed by atoms with E-state index in [1.54, 1.807) is 0 Å². The first-order chi connectivity index (χ1) is 6.40. The Morgan fingerprint density at radius 1 is 0.929 bits per heavy atom. The summed E-state index contributed by atoms with van der Waals surface area (Å²) in [5, 5.41) is 0. The third-order valence-electron chi connectivity index (χ3n) is 3.17. The van der Waals surface area contributed by atoms with Gasteiger partial charge in [0.15, 0.2) is 0 Å². The standard InChI is InChI=1S/C13H29N/c1-8-12(6)9-14(7)13(10(2)3)11(4)5/h10-13H,8-9H2,1-7H3. The van der Waals surface area contributed by atoms with Gasteiger partial charge in [-0.05, 0) is 24.8 Å². The van der Waals surface area contributed by atoms with Crippen LogP contribution in [0.2, 0.25) is 0 Å². The van der Waals surface area contributed by atoms with E-state index in [0.29, 0.717) is 0 Å². The highest BCUT2D eigenvalue weighted by atomic mass is 15.1. The maximum absolute atomic E-state index is 2.55. The van der Waals surface area contributed by atoms with E-state index in [4.69, 9.17) is 0 Å². The summed E-state index contributed by atoms with van der Waals surface area (Å²) in [7, 11) is 2.27. The van der Waals surface area contributed by atoms with E-state index in [0.717, 1.165) is 23.8 Å². The monoisotopic (exact) mass is 199 g/mol. The van der Waals surface area contributed by atoms with E-state index >= 15 is 0 Å². The van der Waals surface area contributed by atoms with E-state index in [-0.39, 0.29) is 0 Å². The number of hydrogen-bond donors (Lipinski definition) is 0. The highest BCUT2D eigenvalue weighted by Crippen LogP contribution is 2.19. The van der Waals surface area contributed by atoms with Crippen molar-refractivity contribution >= 4 is 0 Å². The minimum Gasteiger partial charge on any atom is -0.303 e. The van der Waals surface area contributed by atoms with Crippen LogP contribution in [0.1, 0.15) is 48.0 Å². The Labute approximate surface area is 90.9 Å². The van der Waals surface area contributed by atoms with Crippen molar-refractivity contribution in [1.29, 1.82) is 0 Å². The molecular formula is C13H29N. The van der Waals surface area contributed by atoms with Crippen LogP contribution in [0.5, 0.6) is 0 Å². The second-order valence-electron chi connectivity index (χ2n) is 5.43. The second-order valence-corrected chi connectivity index (χ2v) is 5.43. The molecule has 0 aliphatic rings. The first-order valence-corrected chi connectivity index (χ1v) is 6.10. The van der Waals surface area contributed by atoms with Gasteiger partial charge in [-0.15, -0.1) is 0 Å². The van der Waals surface area contributed by atoms with Crippen molar-refractivity contribution < 1.29 is 0 Å². The summed E-state index contributed by atoms with van der Waals surface area (Å²) in [6.07, 6.45) is 1.28. The van der Waals surface area contributed by atoms with Crippen LogP contribution in [0.15, 0.2) is 0 Å². The largest absolute Gasteiger partial charge is 0.303 e. The summed E-state index contributed by atoms with van der Waals surface area (Å²) in [6.45, 7) is 15.2. The van der Waals surface area contributed by atoms with Crippen molar-refractivity contribution in [3.8, 4) is 0 Å². The Hall–Kier alpha value is -0.0400. The van der Waals surface area contributed by atoms with Crippen LogP contribution in [0, 0.1) is 17.8 Å². The van der Waals surface area contributed by atoms with Crippen LogP contribution in [-0.4, -0.2) is 24.5 Å². The molecule has 1 atom stereocenters. The zero-order chi connectivity index (χ0) is 11.3. The zero-order valence-electron chi connectivity index (χ0n) is 11.2. The van der Waals surface area contributed by atoms with E-state index < -0.39 is 0 Å². The molecule has 0 saturated heterocycles. The predicted molar refractivity (Wildman–Crippen MR) is 65.5 cm³/mol. The SMILES string of the molecule is CCC(C)CN(C)C(C(C)C)C(C)C. The molecular weight excluding hydrogens is 170 g/mol. The first kappa shape index (κ1) is 14.0. The Morgan fingerprint density at radius 2 is 1.36 bits per heavy atom. The van der Waals surface area contributed by atoms with E-state index in [1.165, 1.54) is 13.0 Å².